The van der Waals surface area contributed by atoms with Gasteiger partial charge in [0.2, 0.25) is 0 Å². The molecule has 1 unspecified atom stereocenters. The molecule has 1 saturated heterocycles. The van der Waals surface area contributed by atoms with Crippen LogP contribution in [0.25, 0.3) is 0 Å². The molecule has 54 valence electrons. The van der Waals surface area contributed by atoms with Gasteiger partial charge in [0.1, 0.15) is 0 Å². The first kappa shape index (κ1) is 7.07. The van der Waals surface area contributed by atoms with Crippen molar-refractivity contribution in [1.82, 2.24) is 5.32 Å². The van der Waals surface area contributed by atoms with E-state index in [0.717, 1.165) is 5.92 Å². The number of hydrogen-bond acceptors (Lipinski definition) is 1. The Morgan fingerprint density at radius 2 is 2.11 bits per heavy atom. The highest BCUT2D eigenvalue weighted by Crippen LogP contribution is 2.25. The first-order valence-electron chi connectivity index (χ1n) is 3.87. The molecule has 1 aliphatic rings. The Hall–Kier alpha value is -0.0400. The minimum Gasteiger partial charge on any atom is -0.311 e. The van der Waals surface area contributed by atoms with E-state index in [1.54, 1.807) is 0 Å². The molecule has 0 amide bonds. The molecule has 0 aromatic heterocycles. The summed E-state index contributed by atoms with van der Waals surface area (Å²) < 4.78 is 0. The summed E-state index contributed by atoms with van der Waals surface area (Å²) in [5, 5.41) is 3.45. The van der Waals surface area contributed by atoms with Crippen LogP contribution < -0.4 is 5.32 Å². The average Bonchev–Trinajstić information content (AvgIpc) is 1.60. The molecule has 0 aromatic carbocycles. The average molecular weight is 127 g/mol. The number of nitrogens with one attached hydrogen (secondary N) is 1. The molecule has 0 saturated carbocycles. The van der Waals surface area contributed by atoms with Gasteiger partial charge in [-0.2, -0.15) is 0 Å². The van der Waals surface area contributed by atoms with E-state index >= 15 is 0 Å². The van der Waals surface area contributed by atoms with Gasteiger partial charge in [-0.25, -0.2) is 0 Å². The van der Waals surface area contributed by atoms with Crippen molar-refractivity contribution in [3.8, 4) is 0 Å². The highest BCUT2D eigenvalue weighted by molar-refractivity contribution is 4.92. The van der Waals surface area contributed by atoms with Gasteiger partial charge < -0.3 is 5.32 Å². The van der Waals surface area contributed by atoms with Crippen LogP contribution >= 0.6 is 0 Å². The van der Waals surface area contributed by atoms with E-state index in [2.05, 4.69) is 26.1 Å². The molecule has 1 fully saturated rings. The highest BCUT2D eigenvalue weighted by atomic mass is 15.0. The molecular formula is C8H17N. The smallest absolute Gasteiger partial charge is 0.0167 e. The maximum atomic E-state index is 3.45. The topological polar surface area (TPSA) is 12.0 Å². The molecule has 0 aliphatic carbocycles. The van der Waals surface area contributed by atoms with Gasteiger partial charge in [-0.05, 0) is 32.2 Å². The number of hydrogen-bond donors (Lipinski definition) is 1. The zero-order valence-electron chi connectivity index (χ0n) is 6.70. The summed E-state index contributed by atoms with van der Waals surface area (Å²) in [7, 11) is 0. The molecule has 0 radical (unpaired) electrons. The van der Waals surface area contributed by atoms with Crippen LogP contribution in [0.15, 0.2) is 0 Å². The third-order valence-electron chi connectivity index (χ3n) is 2.09. The minimum absolute atomic E-state index is 0.494. The zero-order valence-corrected chi connectivity index (χ0v) is 6.70. The Morgan fingerprint density at radius 3 is 2.22 bits per heavy atom. The predicted molar refractivity (Wildman–Crippen MR) is 40.5 cm³/mol. The van der Waals surface area contributed by atoms with E-state index in [1.807, 2.05) is 0 Å². The second-order valence-corrected chi connectivity index (χ2v) is 3.84. The summed E-state index contributed by atoms with van der Waals surface area (Å²) in [5.74, 6) is 0.836. The summed E-state index contributed by atoms with van der Waals surface area (Å²) in [5.41, 5.74) is 0.494. The van der Waals surface area contributed by atoms with E-state index in [9.17, 15) is 0 Å². The van der Waals surface area contributed by atoms with Crippen LogP contribution in [0.4, 0.5) is 0 Å². The SMILES string of the molecule is CC(C)CC1(C)CCN1. The summed E-state index contributed by atoms with van der Waals surface area (Å²) in [6.07, 6.45) is 2.69. The van der Waals surface area contributed by atoms with Gasteiger partial charge in [-0.3, -0.25) is 0 Å². The van der Waals surface area contributed by atoms with Gasteiger partial charge in [0, 0.05) is 5.54 Å². The highest BCUT2D eigenvalue weighted by Gasteiger charge is 2.30. The monoisotopic (exact) mass is 127 g/mol. The lowest BCUT2D eigenvalue weighted by molar-refractivity contribution is 0.192. The van der Waals surface area contributed by atoms with Crippen LogP contribution in [-0.2, 0) is 0 Å². The lowest BCUT2D eigenvalue weighted by Gasteiger charge is -2.41. The predicted octanol–water partition coefficient (Wildman–Crippen LogP) is 1.78. The Labute approximate surface area is 57.8 Å². The largest absolute Gasteiger partial charge is 0.311 e. The van der Waals surface area contributed by atoms with Gasteiger partial charge in [0.05, 0.1) is 0 Å². The Morgan fingerprint density at radius 1 is 1.56 bits per heavy atom. The lowest BCUT2D eigenvalue weighted by atomic mass is 9.82. The Bertz CT molecular complexity index is 92.7. The van der Waals surface area contributed by atoms with E-state index in [0.29, 0.717) is 5.54 Å². The lowest BCUT2D eigenvalue weighted by Crippen LogP contribution is -2.55. The van der Waals surface area contributed by atoms with Crippen molar-refractivity contribution in [3.05, 3.63) is 0 Å². The van der Waals surface area contributed by atoms with Gasteiger partial charge in [-0.15, -0.1) is 0 Å². The standard InChI is InChI=1S/C8H17N/c1-7(2)6-8(3)4-5-9-8/h7,9H,4-6H2,1-3H3. The van der Waals surface area contributed by atoms with E-state index in [-0.39, 0.29) is 0 Å². The summed E-state index contributed by atoms with van der Waals surface area (Å²) in [6, 6.07) is 0. The van der Waals surface area contributed by atoms with Crippen LogP contribution in [0.3, 0.4) is 0 Å². The molecule has 1 aliphatic heterocycles. The van der Waals surface area contributed by atoms with Gasteiger partial charge >= 0.3 is 0 Å². The summed E-state index contributed by atoms with van der Waals surface area (Å²) in [4.78, 5) is 0. The molecule has 1 heterocycles. The minimum atomic E-state index is 0.494. The fourth-order valence-corrected chi connectivity index (χ4v) is 1.63. The molecule has 1 atom stereocenters. The molecule has 9 heavy (non-hydrogen) atoms. The fourth-order valence-electron chi connectivity index (χ4n) is 1.63. The molecule has 1 rings (SSSR count). The van der Waals surface area contributed by atoms with Crippen LogP contribution in [0.2, 0.25) is 0 Å². The van der Waals surface area contributed by atoms with Gasteiger partial charge in [0.25, 0.3) is 0 Å². The van der Waals surface area contributed by atoms with Crippen molar-refractivity contribution in [3.63, 3.8) is 0 Å². The van der Waals surface area contributed by atoms with Crippen molar-refractivity contribution in [1.29, 1.82) is 0 Å². The summed E-state index contributed by atoms with van der Waals surface area (Å²) >= 11 is 0. The molecule has 0 aromatic rings. The number of rotatable bonds is 2. The molecule has 1 nitrogen and oxygen atoms in total. The second-order valence-electron chi connectivity index (χ2n) is 3.84. The molecule has 1 N–H and O–H groups in total. The zero-order chi connectivity index (χ0) is 6.91. The normalized spacial score (nSPS) is 34.7. The first-order chi connectivity index (χ1) is 4.12. The van der Waals surface area contributed by atoms with E-state index in [4.69, 9.17) is 0 Å². The van der Waals surface area contributed by atoms with Crippen LogP contribution in [-0.4, -0.2) is 12.1 Å². The first-order valence-corrected chi connectivity index (χ1v) is 3.87. The fraction of sp³-hybridized carbons (Fsp3) is 1.00. The molecule has 0 bridgehead atoms. The quantitative estimate of drug-likeness (QED) is 0.596. The third-order valence-corrected chi connectivity index (χ3v) is 2.09. The maximum absolute atomic E-state index is 3.45. The maximum Gasteiger partial charge on any atom is 0.0167 e. The van der Waals surface area contributed by atoms with Crippen LogP contribution in [0.1, 0.15) is 33.6 Å². The molecular weight excluding hydrogens is 110 g/mol. The summed E-state index contributed by atoms with van der Waals surface area (Å²) in [6.45, 7) is 8.11. The second kappa shape index (κ2) is 2.30. The van der Waals surface area contributed by atoms with Crippen molar-refractivity contribution in [2.45, 2.75) is 39.2 Å². The van der Waals surface area contributed by atoms with Gasteiger partial charge in [-0.1, -0.05) is 13.8 Å². The van der Waals surface area contributed by atoms with Crippen molar-refractivity contribution in [2.75, 3.05) is 6.54 Å². The van der Waals surface area contributed by atoms with Crippen molar-refractivity contribution < 1.29 is 0 Å². The molecule has 0 spiro atoms. The Balaban J connectivity index is 2.24. The Kier molecular flexibility index (Phi) is 1.80. The van der Waals surface area contributed by atoms with Crippen molar-refractivity contribution >= 4 is 0 Å². The van der Waals surface area contributed by atoms with Crippen LogP contribution in [0.5, 0.6) is 0 Å². The van der Waals surface area contributed by atoms with E-state index in [1.165, 1.54) is 19.4 Å². The third kappa shape index (κ3) is 1.68. The molecule has 1 heteroatoms. The van der Waals surface area contributed by atoms with Crippen molar-refractivity contribution in [2.24, 2.45) is 5.92 Å². The van der Waals surface area contributed by atoms with Gasteiger partial charge in [0.15, 0.2) is 0 Å². The van der Waals surface area contributed by atoms with E-state index < -0.39 is 0 Å². The van der Waals surface area contributed by atoms with Crippen LogP contribution in [0, 0.1) is 5.92 Å².